The minimum absolute atomic E-state index is 0.0401. The van der Waals surface area contributed by atoms with Gasteiger partial charge in [0.2, 0.25) is 5.91 Å². The Bertz CT molecular complexity index is 864. The van der Waals surface area contributed by atoms with Gasteiger partial charge in [-0.3, -0.25) is 4.79 Å². The molecule has 0 spiro atoms. The molecule has 2 amide bonds. The Labute approximate surface area is 186 Å². The van der Waals surface area contributed by atoms with Crippen LogP contribution < -0.4 is 0 Å². The van der Waals surface area contributed by atoms with Crippen molar-refractivity contribution in [1.29, 1.82) is 0 Å². The monoisotopic (exact) mass is 430 g/mol. The third-order valence-electron chi connectivity index (χ3n) is 4.66. The molecule has 31 heavy (non-hydrogen) atoms. The second kappa shape index (κ2) is 10.7. The summed E-state index contributed by atoms with van der Waals surface area (Å²) in [5, 5.41) is 1.03. The standard InChI is InChI=1S/C25H38N2O4/c1-18(2)15-26(24(29)31-25(5,6)7)12-10-23(28)27(16-19(3)4)17-20-8-9-22-21(14-20)11-13-30-22/h8-9,11,13-14,18-19H,10,12,15-17H2,1-7H3. The molecule has 0 aliphatic carbocycles. The van der Waals surface area contributed by atoms with Gasteiger partial charge in [-0.2, -0.15) is 0 Å². The molecule has 1 aromatic carbocycles. The van der Waals surface area contributed by atoms with Gasteiger partial charge in [0.05, 0.1) is 6.26 Å². The number of carbonyl (C=O) groups is 2. The zero-order valence-corrected chi connectivity index (χ0v) is 20.1. The number of benzene rings is 1. The van der Waals surface area contributed by atoms with Crippen LogP contribution in [0.5, 0.6) is 0 Å². The van der Waals surface area contributed by atoms with Crippen molar-refractivity contribution < 1.29 is 18.7 Å². The van der Waals surface area contributed by atoms with Gasteiger partial charge in [-0.15, -0.1) is 0 Å². The van der Waals surface area contributed by atoms with Gasteiger partial charge < -0.3 is 19.0 Å². The molecule has 1 aromatic heterocycles. The predicted molar refractivity (Wildman–Crippen MR) is 124 cm³/mol. The van der Waals surface area contributed by atoms with Crippen LogP contribution in [0.1, 0.15) is 60.5 Å². The number of hydrogen-bond acceptors (Lipinski definition) is 4. The van der Waals surface area contributed by atoms with Crippen molar-refractivity contribution in [3.63, 3.8) is 0 Å². The molecule has 172 valence electrons. The maximum absolute atomic E-state index is 13.1. The average Bonchev–Trinajstić information content (AvgIpc) is 3.10. The molecule has 0 N–H and O–H groups in total. The molecule has 2 rings (SSSR count). The summed E-state index contributed by atoms with van der Waals surface area (Å²) in [7, 11) is 0. The molecule has 0 radical (unpaired) electrons. The van der Waals surface area contributed by atoms with Crippen molar-refractivity contribution in [2.45, 2.75) is 67.0 Å². The molecule has 2 aromatic rings. The Morgan fingerprint density at radius 2 is 1.65 bits per heavy atom. The number of hydrogen-bond donors (Lipinski definition) is 0. The van der Waals surface area contributed by atoms with E-state index in [-0.39, 0.29) is 24.3 Å². The van der Waals surface area contributed by atoms with Crippen molar-refractivity contribution in [1.82, 2.24) is 9.80 Å². The largest absolute Gasteiger partial charge is 0.464 e. The number of fused-ring (bicyclic) bond motifs is 1. The highest BCUT2D eigenvalue weighted by molar-refractivity contribution is 5.79. The molecule has 0 atom stereocenters. The van der Waals surface area contributed by atoms with Crippen molar-refractivity contribution >= 4 is 23.0 Å². The maximum atomic E-state index is 13.1. The van der Waals surface area contributed by atoms with Gasteiger partial charge in [0.25, 0.3) is 0 Å². The van der Waals surface area contributed by atoms with Gasteiger partial charge in [-0.1, -0.05) is 33.8 Å². The van der Waals surface area contributed by atoms with Crippen LogP contribution in [0, 0.1) is 11.8 Å². The first-order chi connectivity index (χ1) is 14.4. The predicted octanol–water partition coefficient (Wildman–Crippen LogP) is 5.70. The summed E-state index contributed by atoms with van der Waals surface area (Å²) in [6.07, 6.45) is 1.58. The Hall–Kier alpha value is -2.50. The number of ether oxygens (including phenoxy) is 1. The molecular formula is C25H38N2O4. The Morgan fingerprint density at radius 1 is 1.00 bits per heavy atom. The van der Waals surface area contributed by atoms with Gasteiger partial charge in [-0.05, 0) is 56.4 Å². The lowest BCUT2D eigenvalue weighted by molar-refractivity contribution is -0.132. The van der Waals surface area contributed by atoms with Crippen molar-refractivity contribution in [3.05, 3.63) is 36.1 Å². The van der Waals surface area contributed by atoms with Gasteiger partial charge >= 0.3 is 6.09 Å². The first kappa shape index (κ1) is 24.8. The normalized spacial score (nSPS) is 11.9. The van der Waals surface area contributed by atoms with E-state index >= 15 is 0 Å². The van der Waals surface area contributed by atoms with E-state index in [2.05, 4.69) is 33.8 Å². The third-order valence-corrected chi connectivity index (χ3v) is 4.66. The van der Waals surface area contributed by atoms with Gasteiger partial charge in [0.15, 0.2) is 0 Å². The molecule has 0 unspecified atom stereocenters. The number of carbonyl (C=O) groups excluding carboxylic acids is 2. The average molecular weight is 431 g/mol. The number of furan rings is 1. The van der Waals surface area contributed by atoms with Crippen LogP contribution in [0.2, 0.25) is 0 Å². The minimum atomic E-state index is -0.564. The Kier molecular flexibility index (Phi) is 8.54. The first-order valence-electron chi connectivity index (χ1n) is 11.2. The van der Waals surface area contributed by atoms with E-state index in [1.54, 1.807) is 11.2 Å². The van der Waals surface area contributed by atoms with Crippen LogP contribution in [0.3, 0.4) is 0 Å². The van der Waals surface area contributed by atoms with Crippen LogP contribution >= 0.6 is 0 Å². The molecule has 0 bridgehead atoms. The lowest BCUT2D eigenvalue weighted by Crippen LogP contribution is -2.42. The molecule has 6 nitrogen and oxygen atoms in total. The molecule has 1 heterocycles. The lowest BCUT2D eigenvalue weighted by Gasteiger charge is -2.30. The van der Waals surface area contributed by atoms with E-state index < -0.39 is 5.60 Å². The second-order valence-electron chi connectivity index (χ2n) is 10.0. The summed E-state index contributed by atoms with van der Waals surface area (Å²) in [6, 6.07) is 7.93. The van der Waals surface area contributed by atoms with Gasteiger partial charge in [0.1, 0.15) is 11.2 Å². The second-order valence-corrected chi connectivity index (χ2v) is 10.0. The SMILES string of the molecule is CC(C)CN(Cc1ccc2occc2c1)C(=O)CCN(CC(C)C)C(=O)OC(C)(C)C. The fourth-order valence-electron chi connectivity index (χ4n) is 3.44. The number of rotatable bonds is 9. The quantitative estimate of drug-likeness (QED) is 0.512. The molecule has 0 aliphatic rings. The van der Waals surface area contributed by atoms with Crippen LogP contribution in [-0.2, 0) is 16.1 Å². The molecule has 0 saturated heterocycles. The molecule has 0 saturated carbocycles. The first-order valence-corrected chi connectivity index (χ1v) is 11.2. The molecule has 0 aliphatic heterocycles. The van der Waals surface area contributed by atoms with Crippen molar-refractivity contribution in [3.8, 4) is 0 Å². The Balaban J connectivity index is 2.07. The van der Waals surface area contributed by atoms with E-state index in [0.29, 0.717) is 32.1 Å². The van der Waals surface area contributed by atoms with Gasteiger partial charge in [-0.25, -0.2) is 4.79 Å². The summed E-state index contributed by atoms with van der Waals surface area (Å²) in [4.78, 5) is 29.3. The zero-order valence-electron chi connectivity index (χ0n) is 20.1. The highest BCUT2D eigenvalue weighted by Gasteiger charge is 2.24. The minimum Gasteiger partial charge on any atom is -0.464 e. The molecule has 0 fully saturated rings. The van der Waals surface area contributed by atoms with E-state index in [1.165, 1.54) is 0 Å². The van der Waals surface area contributed by atoms with E-state index in [4.69, 9.17) is 9.15 Å². The van der Waals surface area contributed by atoms with Crippen LogP contribution in [0.4, 0.5) is 4.79 Å². The maximum Gasteiger partial charge on any atom is 0.410 e. The van der Waals surface area contributed by atoms with Crippen LogP contribution in [0.15, 0.2) is 34.9 Å². The van der Waals surface area contributed by atoms with Crippen molar-refractivity contribution in [2.75, 3.05) is 19.6 Å². The van der Waals surface area contributed by atoms with E-state index in [0.717, 1.165) is 16.5 Å². The summed E-state index contributed by atoms with van der Waals surface area (Å²) in [5.74, 6) is 0.675. The smallest absolute Gasteiger partial charge is 0.410 e. The highest BCUT2D eigenvalue weighted by Crippen LogP contribution is 2.19. The summed E-state index contributed by atoms with van der Waals surface area (Å²) in [6.45, 7) is 16.0. The Morgan fingerprint density at radius 3 is 2.26 bits per heavy atom. The molecular weight excluding hydrogens is 392 g/mol. The summed E-state index contributed by atoms with van der Waals surface area (Å²) < 4.78 is 11.0. The number of nitrogens with zero attached hydrogens (tertiary/aromatic N) is 2. The van der Waals surface area contributed by atoms with Crippen molar-refractivity contribution in [2.24, 2.45) is 11.8 Å². The fraction of sp³-hybridized carbons (Fsp3) is 0.600. The van der Waals surface area contributed by atoms with E-state index in [1.807, 2.05) is 43.9 Å². The van der Waals surface area contributed by atoms with E-state index in [9.17, 15) is 9.59 Å². The zero-order chi connectivity index (χ0) is 23.2. The highest BCUT2D eigenvalue weighted by atomic mass is 16.6. The lowest BCUT2D eigenvalue weighted by atomic mass is 10.1. The number of amides is 2. The summed E-state index contributed by atoms with van der Waals surface area (Å²) >= 11 is 0. The third kappa shape index (κ3) is 8.27. The topological polar surface area (TPSA) is 63.0 Å². The van der Waals surface area contributed by atoms with Gasteiger partial charge in [0, 0.05) is 38.0 Å². The van der Waals surface area contributed by atoms with Crippen LogP contribution in [0.25, 0.3) is 11.0 Å². The fourth-order valence-corrected chi connectivity index (χ4v) is 3.44. The summed E-state index contributed by atoms with van der Waals surface area (Å²) in [5.41, 5.74) is 1.34. The van der Waals surface area contributed by atoms with Crippen LogP contribution in [-0.4, -0.2) is 47.0 Å². The molecule has 6 heteroatoms.